The van der Waals surface area contributed by atoms with Gasteiger partial charge in [0, 0.05) is 19.7 Å². The first-order chi connectivity index (χ1) is 17.4. The Balaban J connectivity index is 1.35. The Hall–Kier alpha value is -4.42. The van der Waals surface area contributed by atoms with Gasteiger partial charge in [-0.25, -0.2) is 9.97 Å². The van der Waals surface area contributed by atoms with E-state index in [1.807, 2.05) is 68.4 Å². The molecule has 0 aliphatic carbocycles. The van der Waals surface area contributed by atoms with E-state index in [2.05, 4.69) is 26.6 Å². The van der Waals surface area contributed by atoms with E-state index in [1.165, 1.54) is 0 Å². The van der Waals surface area contributed by atoms with Crippen LogP contribution in [0.1, 0.15) is 34.1 Å². The molecule has 9 nitrogen and oxygen atoms in total. The molecular formula is C27H25N7O2. The van der Waals surface area contributed by atoms with Gasteiger partial charge in [0.05, 0.1) is 48.4 Å². The van der Waals surface area contributed by atoms with Crippen LogP contribution in [0.3, 0.4) is 0 Å². The highest BCUT2D eigenvalue weighted by atomic mass is 16.5. The van der Waals surface area contributed by atoms with E-state index in [4.69, 9.17) is 9.72 Å². The minimum Gasteiger partial charge on any atom is -0.375 e. The van der Waals surface area contributed by atoms with Crippen LogP contribution in [0, 0.1) is 11.3 Å². The summed E-state index contributed by atoms with van der Waals surface area (Å²) in [5, 5.41) is 21.0. The number of nitrogens with one attached hydrogen (secondary N) is 1. The highest BCUT2D eigenvalue weighted by molar-refractivity contribution is 5.94. The van der Waals surface area contributed by atoms with Crippen molar-refractivity contribution < 1.29 is 9.53 Å². The highest BCUT2D eigenvalue weighted by Gasteiger charge is 2.33. The van der Waals surface area contributed by atoms with E-state index in [0.717, 1.165) is 28.3 Å². The van der Waals surface area contributed by atoms with Gasteiger partial charge < -0.3 is 15.0 Å². The molecule has 1 N–H and O–H groups in total. The lowest BCUT2D eigenvalue weighted by atomic mass is 9.79. The molecule has 9 heteroatoms. The van der Waals surface area contributed by atoms with Crippen LogP contribution in [0.4, 0.5) is 5.82 Å². The van der Waals surface area contributed by atoms with Gasteiger partial charge in [-0.1, -0.05) is 12.1 Å². The molecule has 0 spiro atoms. The lowest BCUT2D eigenvalue weighted by Crippen LogP contribution is -2.33. The number of carbonyl (C=O) groups is 1. The summed E-state index contributed by atoms with van der Waals surface area (Å²) in [7, 11) is 3.88. The van der Waals surface area contributed by atoms with Crippen molar-refractivity contribution in [3.8, 4) is 17.5 Å². The predicted octanol–water partition coefficient (Wildman–Crippen LogP) is 3.39. The number of hydrogen-bond acceptors (Lipinski definition) is 8. The maximum absolute atomic E-state index is 12.9. The van der Waals surface area contributed by atoms with Crippen LogP contribution in [-0.2, 0) is 23.3 Å². The van der Waals surface area contributed by atoms with E-state index in [-0.39, 0.29) is 12.5 Å². The summed E-state index contributed by atoms with van der Waals surface area (Å²) < 4.78 is 5.55. The summed E-state index contributed by atoms with van der Waals surface area (Å²) in [5.74, 6) is 0.591. The number of anilines is 1. The maximum atomic E-state index is 12.9. The van der Waals surface area contributed by atoms with Crippen LogP contribution in [0.15, 0.2) is 54.6 Å². The van der Waals surface area contributed by atoms with Crippen molar-refractivity contribution in [1.82, 2.24) is 25.5 Å². The Labute approximate surface area is 208 Å². The molecule has 0 unspecified atom stereocenters. The molecule has 0 radical (unpaired) electrons. The summed E-state index contributed by atoms with van der Waals surface area (Å²) in [4.78, 5) is 24.2. The average molecular weight is 480 g/mol. The van der Waals surface area contributed by atoms with Gasteiger partial charge in [0.25, 0.3) is 5.91 Å². The first kappa shape index (κ1) is 23.3. The van der Waals surface area contributed by atoms with Crippen LogP contribution in [-0.4, -0.2) is 46.8 Å². The van der Waals surface area contributed by atoms with Gasteiger partial charge in [0.15, 0.2) is 0 Å². The van der Waals surface area contributed by atoms with Gasteiger partial charge in [-0.05, 0) is 60.5 Å². The number of nitriles is 1. The third-order valence-corrected chi connectivity index (χ3v) is 6.24. The fourth-order valence-electron chi connectivity index (χ4n) is 4.17. The molecule has 3 aromatic heterocycles. The first-order valence-electron chi connectivity index (χ1n) is 11.5. The number of fused-ring (bicyclic) bond motifs is 2. The first-order valence-corrected chi connectivity index (χ1v) is 11.5. The Morgan fingerprint density at radius 1 is 1.08 bits per heavy atom. The standard InChI is InChI=1S/C27H25N7O2/c1-27(15-28)16-36-14-18-8-7-17(11-20(18)27)26(35)29-13-19-12-24-23(33-32-19)10-9-22(30-24)21-5-4-6-25(31-21)34(2)3/h4-12H,13-14,16H2,1-3H3,(H,29,35)/t27-/m1/s1. The normalized spacial score (nSPS) is 16.7. The second-order valence-electron chi connectivity index (χ2n) is 9.20. The summed E-state index contributed by atoms with van der Waals surface area (Å²) in [6.07, 6.45) is 0. The molecule has 0 saturated heterocycles. The van der Waals surface area contributed by atoms with Gasteiger partial charge in [-0.2, -0.15) is 10.4 Å². The minimum atomic E-state index is -0.780. The molecule has 1 aromatic carbocycles. The molecule has 4 aromatic rings. The van der Waals surface area contributed by atoms with Gasteiger partial charge in [-0.15, -0.1) is 5.10 Å². The van der Waals surface area contributed by atoms with Gasteiger partial charge in [0.2, 0.25) is 0 Å². The summed E-state index contributed by atoms with van der Waals surface area (Å²) in [5.41, 5.74) is 4.87. The number of benzene rings is 1. The van der Waals surface area contributed by atoms with E-state index in [0.29, 0.717) is 35.5 Å². The molecule has 1 atom stereocenters. The average Bonchev–Trinajstić information content (AvgIpc) is 2.91. The molecule has 0 bridgehead atoms. The van der Waals surface area contributed by atoms with Crippen LogP contribution in [0.2, 0.25) is 0 Å². The fourth-order valence-corrected chi connectivity index (χ4v) is 4.17. The molecule has 36 heavy (non-hydrogen) atoms. The maximum Gasteiger partial charge on any atom is 0.251 e. The Bertz CT molecular complexity index is 1510. The monoisotopic (exact) mass is 479 g/mol. The van der Waals surface area contributed by atoms with Crippen LogP contribution >= 0.6 is 0 Å². The molecule has 0 fully saturated rings. The zero-order chi connectivity index (χ0) is 25.3. The van der Waals surface area contributed by atoms with Gasteiger partial charge >= 0.3 is 0 Å². The van der Waals surface area contributed by atoms with Crippen LogP contribution in [0.25, 0.3) is 22.4 Å². The second-order valence-corrected chi connectivity index (χ2v) is 9.20. The Kier molecular flexibility index (Phi) is 6.04. The van der Waals surface area contributed by atoms with E-state index in [1.54, 1.807) is 12.1 Å². The number of amides is 1. The smallest absolute Gasteiger partial charge is 0.251 e. The SMILES string of the molecule is CN(C)c1cccc(-c2ccc3nnc(CNC(=O)c4ccc5c(c4)[C@](C)(C#N)COC5)cc3n2)n1. The molecule has 4 heterocycles. The number of rotatable bonds is 5. The minimum absolute atomic E-state index is 0.192. The third kappa shape index (κ3) is 4.46. The summed E-state index contributed by atoms with van der Waals surface area (Å²) in [6, 6.07) is 19.0. The fraction of sp³-hybridized carbons (Fsp3) is 0.259. The number of carbonyl (C=O) groups excluding carboxylic acids is 1. The van der Waals surface area contributed by atoms with E-state index >= 15 is 0 Å². The molecule has 1 amide bonds. The largest absolute Gasteiger partial charge is 0.375 e. The number of pyridine rings is 2. The van der Waals surface area contributed by atoms with Gasteiger partial charge in [0.1, 0.15) is 16.7 Å². The molecule has 180 valence electrons. The number of nitrogens with zero attached hydrogens (tertiary/aromatic N) is 6. The zero-order valence-corrected chi connectivity index (χ0v) is 20.3. The van der Waals surface area contributed by atoms with Crippen LogP contribution < -0.4 is 10.2 Å². The molecule has 5 rings (SSSR count). The molecule has 1 aliphatic heterocycles. The van der Waals surface area contributed by atoms with Crippen molar-refractivity contribution in [1.29, 1.82) is 5.26 Å². The van der Waals surface area contributed by atoms with Crippen molar-refractivity contribution >= 4 is 22.8 Å². The zero-order valence-electron chi connectivity index (χ0n) is 20.3. The van der Waals surface area contributed by atoms with E-state index in [9.17, 15) is 10.1 Å². The Morgan fingerprint density at radius 3 is 2.72 bits per heavy atom. The summed E-state index contributed by atoms with van der Waals surface area (Å²) >= 11 is 0. The van der Waals surface area contributed by atoms with E-state index < -0.39 is 5.41 Å². The quantitative estimate of drug-likeness (QED) is 0.463. The lowest BCUT2D eigenvalue weighted by Gasteiger charge is -2.30. The van der Waals surface area contributed by atoms with Crippen molar-refractivity contribution in [3.63, 3.8) is 0 Å². The van der Waals surface area contributed by atoms with Gasteiger partial charge in [-0.3, -0.25) is 4.79 Å². The predicted molar refractivity (Wildman–Crippen MR) is 135 cm³/mol. The molecule has 0 saturated carbocycles. The summed E-state index contributed by atoms with van der Waals surface area (Å²) in [6.45, 7) is 2.76. The molecular weight excluding hydrogens is 454 g/mol. The van der Waals surface area contributed by atoms with Crippen molar-refractivity contribution in [2.75, 3.05) is 25.6 Å². The topological polar surface area (TPSA) is 117 Å². The third-order valence-electron chi connectivity index (χ3n) is 6.24. The number of aromatic nitrogens is 4. The highest BCUT2D eigenvalue weighted by Crippen LogP contribution is 2.32. The van der Waals surface area contributed by atoms with Crippen molar-refractivity contribution in [2.45, 2.75) is 25.5 Å². The lowest BCUT2D eigenvalue weighted by molar-refractivity contribution is 0.0757. The Morgan fingerprint density at radius 2 is 1.92 bits per heavy atom. The second kappa shape index (κ2) is 9.32. The number of hydrogen-bond donors (Lipinski definition) is 1. The number of ether oxygens (including phenoxy) is 1. The van der Waals surface area contributed by atoms with Crippen molar-refractivity contribution in [3.05, 3.63) is 77.0 Å². The van der Waals surface area contributed by atoms with Crippen molar-refractivity contribution in [2.24, 2.45) is 0 Å². The van der Waals surface area contributed by atoms with Crippen LogP contribution in [0.5, 0.6) is 0 Å². The molecule has 1 aliphatic rings.